The molecule has 14 heavy (non-hydrogen) atoms. The van der Waals surface area contributed by atoms with Crippen molar-refractivity contribution in [3.8, 4) is 0 Å². The topological polar surface area (TPSA) is 43.6 Å². The third-order valence-corrected chi connectivity index (χ3v) is 3.79. The predicted octanol–water partition coefficient (Wildman–Crippen LogP) is 2.12. The molecule has 0 aliphatic heterocycles. The minimum Gasteiger partial charge on any atom is -0.217 e. The molecule has 0 atom stereocenters. The van der Waals surface area contributed by atoms with E-state index in [-0.39, 0.29) is 0 Å². The number of tetrazole rings is 1. The molecule has 0 spiro atoms. The van der Waals surface area contributed by atoms with E-state index in [0.29, 0.717) is 11.9 Å². The van der Waals surface area contributed by atoms with E-state index in [1.807, 2.05) is 4.68 Å². The second kappa shape index (κ2) is 4.98. The highest BCUT2D eigenvalue weighted by Gasteiger charge is 2.21. The number of hydrogen-bond acceptors (Lipinski definition) is 4. The van der Waals surface area contributed by atoms with Crippen molar-refractivity contribution >= 4 is 23.4 Å². The Balaban J connectivity index is 2.04. The second-order valence-electron chi connectivity index (χ2n) is 3.38. The van der Waals surface area contributed by atoms with Crippen molar-refractivity contribution in [2.45, 2.75) is 36.9 Å². The van der Waals surface area contributed by atoms with Gasteiger partial charge in [-0.1, -0.05) is 24.6 Å². The molecule has 1 saturated carbocycles. The van der Waals surface area contributed by atoms with Crippen LogP contribution in [-0.2, 0) is 0 Å². The molecule has 0 amide bonds. The fraction of sp³-hybridized carbons (Fsp3) is 0.875. The SMILES string of the molecule is ClCCSc1nnnn1C1CCCC1. The molecule has 78 valence electrons. The number of hydrogen-bond donors (Lipinski definition) is 0. The Kier molecular flexibility index (Phi) is 3.64. The van der Waals surface area contributed by atoms with Crippen LogP contribution in [0.15, 0.2) is 5.16 Å². The predicted molar refractivity (Wildman–Crippen MR) is 56.8 cm³/mol. The Morgan fingerprint density at radius 3 is 2.93 bits per heavy atom. The van der Waals surface area contributed by atoms with E-state index in [1.165, 1.54) is 25.7 Å². The second-order valence-corrected chi connectivity index (χ2v) is 4.82. The zero-order valence-corrected chi connectivity index (χ0v) is 9.47. The van der Waals surface area contributed by atoms with Crippen LogP contribution >= 0.6 is 23.4 Å². The smallest absolute Gasteiger partial charge is 0.209 e. The Morgan fingerprint density at radius 1 is 1.43 bits per heavy atom. The number of halogens is 1. The van der Waals surface area contributed by atoms with Gasteiger partial charge in [-0.25, -0.2) is 4.68 Å². The Morgan fingerprint density at radius 2 is 2.21 bits per heavy atom. The van der Waals surface area contributed by atoms with Gasteiger partial charge in [0.15, 0.2) is 0 Å². The normalized spacial score (nSPS) is 17.8. The summed E-state index contributed by atoms with van der Waals surface area (Å²) in [5.74, 6) is 1.51. The molecule has 2 rings (SSSR count). The quantitative estimate of drug-likeness (QED) is 0.589. The first-order chi connectivity index (χ1) is 6.92. The molecule has 1 heterocycles. The van der Waals surface area contributed by atoms with E-state index in [2.05, 4.69) is 15.5 Å². The Hall–Kier alpha value is -0.290. The van der Waals surface area contributed by atoms with Crippen LogP contribution in [0.2, 0.25) is 0 Å². The molecule has 0 unspecified atom stereocenters. The van der Waals surface area contributed by atoms with E-state index in [4.69, 9.17) is 11.6 Å². The summed E-state index contributed by atoms with van der Waals surface area (Å²) < 4.78 is 1.96. The van der Waals surface area contributed by atoms with Crippen LogP contribution in [0.5, 0.6) is 0 Å². The average molecular weight is 233 g/mol. The summed E-state index contributed by atoms with van der Waals surface area (Å²) in [7, 11) is 0. The first-order valence-corrected chi connectivity index (χ1v) is 6.40. The number of rotatable bonds is 4. The lowest BCUT2D eigenvalue weighted by Crippen LogP contribution is -2.08. The van der Waals surface area contributed by atoms with E-state index >= 15 is 0 Å². The first-order valence-electron chi connectivity index (χ1n) is 4.88. The van der Waals surface area contributed by atoms with Gasteiger partial charge in [0.2, 0.25) is 5.16 Å². The van der Waals surface area contributed by atoms with E-state index in [9.17, 15) is 0 Å². The highest BCUT2D eigenvalue weighted by atomic mass is 35.5. The Bertz CT molecular complexity index is 285. The fourth-order valence-electron chi connectivity index (χ4n) is 1.79. The minimum absolute atomic E-state index is 0.517. The highest BCUT2D eigenvalue weighted by Crippen LogP contribution is 2.31. The molecule has 0 N–H and O–H groups in total. The summed E-state index contributed by atoms with van der Waals surface area (Å²) in [6.07, 6.45) is 5.01. The van der Waals surface area contributed by atoms with Gasteiger partial charge < -0.3 is 0 Å². The minimum atomic E-state index is 0.517. The molecule has 1 fully saturated rings. The van der Waals surface area contributed by atoms with Gasteiger partial charge in [-0.05, 0) is 23.3 Å². The average Bonchev–Trinajstić information content (AvgIpc) is 2.84. The molecule has 6 heteroatoms. The van der Waals surface area contributed by atoms with Crippen LogP contribution < -0.4 is 0 Å². The maximum absolute atomic E-state index is 5.63. The molecular weight excluding hydrogens is 220 g/mol. The third-order valence-electron chi connectivity index (χ3n) is 2.44. The standard InChI is InChI=1S/C8H13ClN4S/c9-5-6-14-8-10-11-12-13(8)7-3-1-2-4-7/h7H,1-6H2. The van der Waals surface area contributed by atoms with Gasteiger partial charge in [0.1, 0.15) is 0 Å². The van der Waals surface area contributed by atoms with E-state index in [1.54, 1.807) is 11.8 Å². The van der Waals surface area contributed by atoms with E-state index < -0.39 is 0 Å². The van der Waals surface area contributed by atoms with Gasteiger partial charge in [0.05, 0.1) is 6.04 Å². The van der Waals surface area contributed by atoms with Gasteiger partial charge in [-0.15, -0.1) is 16.7 Å². The lowest BCUT2D eigenvalue weighted by atomic mass is 10.3. The van der Waals surface area contributed by atoms with Gasteiger partial charge >= 0.3 is 0 Å². The lowest BCUT2D eigenvalue weighted by molar-refractivity contribution is 0.423. The van der Waals surface area contributed by atoms with Gasteiger partial charge in [-0.3, -0.25) is 0 Å². The molecule has 1 aromatic rings. The molecule has 4 nitrogen and oxygen atoms in total. The maximum atomic E-state index is 5.63. The lowest BCUT2D eigenvalue weighted by Gasteiger charge is -2.09. The van der Waals surface area contributed by atoms with Crippen molar-refractivity contribution < 1.29 is 0 Å². The van der Waals surface area contributed by atoms with Crippen LogP contribution in [-0.4, -0.2) is 31.8 Å². The van der Waals surface area contributed by atoms with Crippen molar-refractivity contribution in [3.63, 3.8) is 0 Å². The van der Waals surface area contributed by atoms with Crippen LogP contribution in [0.4, 0.5) is 0 Å². The molecule has 0 radical (unpaired) electrons. The highest BCUT2D eigenvalue weighted by molar-refractivity contribution is 7.99. The summed E-state index contributed by atoms with van der Waals surface area (Å²) in [5.41, 5.74) is 0. The number of aromatic nitrogens is 4. The number of nitrogens with zero attached hydrogens (tertiary/aromatic N) is 4. The van der Waals surface area contributed by atoms with Gasteiger partial charge in [-0.2, -0.15) is 0 Å². The third kappa shape index (κ3) is 2.20. The van der Waals surface area contributed by atoms with Crippen molar-refractivity contribution in [1.82, 2.24) is 20.2 Å². The Labute approximate surface area is 92.4 Å². The van der Waals surface area contributed by atoms with Crippen LogP contribution in [0.25, 0.3) is 0 Å². The molecule has 0 saturated heterocycles. The fourth-order valence-corrected chi connectivity index (χ4v) is 2.69. The summed E-state index contributed by atoms with van der Waals surface area (Å²) >= 11 is 7.27. The van der Waals surface area contributed by atoms with Crippen molar-refractivity contribution in [1.29, 1.82) is 0 Å². The molecule has 0 bridgehead atoms. The summed E-state index contributed by atoms with van der Waals surface area (Å²) in [5, 5.41) is 12.7. The molecule has 1 aliphatic rings. The van der Waals surface area contributed by atoms with Gasteiger partial charge in [0.25, 0.3) is 0 Å². The first kappa shape index (κ1) is 10.2. The monoisotopic (exact) mass is 232 g/mol. The number of thioether (sulfide) groups is 1. The zero-order chi connectivity index (χ0) is 9.80. The summed E-state index contributed by atoms with van der Waals surface area (Å²) in [6.45, 7) is 0. The molecule has 1 aliphatic carbocycles. The molecular formula is C8H13ClN4S. The molecule has 1 aromatic heterocycles. The number of alkyl halides is 1. The summed E-state index contributed by atoms with van der Waals surface area (Å²) in [4.78, 5) is 0. The van der Waals surface area contributed by atoms with Crippen LogP contribution in [0.1, 0.15) is 31.7 Å². The van der Waals surface area contributed by atoms with Crippen molar-refractivity contribution in [2.24, 2.45) is 0 Å². The van der Waals surface area contributed by atoms with Crippen molar-refractivity contribution in [3.05, 3.63) is 0 Å². The largest absolute Gasteiger partial charge is 0.217 e. The summed E-state index contributed by atoms with van der Waals surface area (Å²) in [6, 6.07) is 0.517. The van der Waals surface area contributed by atoms with Crippen LogP contribution in [0.3, 0.4) is 0 Å². The maximum Gasteiger partial charge on any atom is 0.209 e. The van der Waals surface area contributed by atoms with Crippen molar-refractivity contribution in [2.75, 3.05) is 11.6 Å². The zero-order valence-electron chi connectivity index (χ0n) is 7.90. The van der Waals surface area contributed by atoms with Gasteiger partial charge in [0, 0.05) is 11.6 Å². The van der Waals surface area contributed by atoms with Crippen LogP contribution in [0, 0.1) is 0 Å². The molecule has 0 aromatic carbocycles. The van der Waals surface area contributed by atoms with E-state index in [0.717, 1.165) is 10.9 Å².